The van der Waals surface area contributed by atoms with Gasteiger partial charge in [0.15, 0.2) is 0 Å². The number of alkyl halides is 1. The van der Waals surface area contributed by atoms with Gasteiger partial charge in [0.2, 0.25) is 0 Å². The summed E-state index contributed by atoms with van der Waals surface area (Å²) in [5.74, 6) is 0. The number of nitrogens with two attached hydrogens (primary N) is 1. The monoisotopic (exact) mass is 148 g/mol. The Bertz CT molecular complexity index is 51.6. The Morgan fingerprint density at radius 1 is 1.10 bits per heavy atom. The second-order valence-corrected chi connectivity index (χ2v) is 2.29. The lowest BCUT2D eigenvalue weighted by Gasteiger charge is -2.00. The van der Waals surface area contributed by atoms with Gasteiger partial charge in [-0.25, -0.2) is 0 Å². The van der Waals surface area contributed by atoms with E-state index in [9.17, 15) is 4.39 Å². The van der Waals surface area contributed by atoms with Crippen LogP contribution in [0.15, 0.2) is 0 Å². The van der Waals surface area contributed by atoms with Crippen LogP contribution >= 0.6 is 0 Å². The molecular formula is C7H17FN2. The Hall–Kier alpha value is -0.150. The van der Waals surface area contributed by atoms with Crippen LogP contribution in [0.3, 0.4) is 0 Å². The summed E-state index contributed by atoms with van der Waals surface area (Å²) < 4.78 is 11.5. The number of rotatable bonds is 7. The molecule has 0 aromatic rings. The van der Waals surface area contributed by atoms with Crippen molar-refractivity contribution in [2.45, 2.75) is 19.3 Å². The van der Waals surface area contributed by atoms with Crippen LogP contribution in [0, 0.1) is 0 Å². The van der Waals surface area contributed by atoms with Crippen LogP contribution in [0.2, 0.25) is 0 Å². The van der Waals surface area contributed by atoms with Gasteiger partial charge >= 0.3 is 0 Å². The molecule has 0 unspecified atom stereocenters. The Balaban J connectivity index is 2.65. The van der Waals surface area contributed by atoms with E-state index in [2.05, 4.69) is 5.32 Å². The molecule has 0 bridgehead atoms. The fourth-order valence-electron chi connectivity index (χ4n) is 0.711. The Kier molecular flexibility index (Phi) is 8.72. The van der Waals surface area contributed by atoms with Crippen molar-refractivity contribution in [1.29, 1.82) is 0 Å². The van der Waals surface area contributed by atoms with Gasteiger partial charge in [-0.3, -0.25) is 4.39 Å². The number of halogens is 1. The molecule has 3 heteroatoms. The standard InChI is InChI=1S/C7H17FN2/c8-4-3-7-10-6-2-1-5-9/h10H,1-7,9H2. The lowest BCUT2D eigenvalue weighted by atomic mass is 10.3. The summed E-state index contributed by atoms with van der Waals surface area (Å²) in [5, 5.41) is 3.13. The average molecular weight is 148 g/mol. The maximum Gasteiger partial charge on any atom is 0.0906 e. The molecule has 0 spiro atoms. The first kappa shape index (κ1) is 9.85. The van der Waals surface area contributed by atoms with Crippen LogP contribution in [-0.4, -0.2) is 26.3 Å². The van der Waals surface area contributed by atoms with Gasteiger partial charge in [0, 0.05) is 0 Å². The van der Waals surface area contributed by atoms with Crippen molar-refractivity contribution in [1.82, 2.24) is 5.32 Å². The van der Waals surface area contributed by atoms with Gasteiger partial charge in [0.1, 0.15) is 0 Å². The van der Waals surface area contributed by atoms with Crippen molar-refractivity contribution in [3.05, 3.63) is 0 Å². The van der Waals surface area contributed by atoms with E-state index in [1.165, 1.54) is 0 Å². The maximum atomic E-state index is 11.5. The minimum absolute atomic E-state index is 0.218. The second kappa shape index (κ2) is 8.85. The molecule has 0 aliphatic rings. The lowest BCUT2D eigenvalue weighted by molar-refractivity contribution is 0.457. The van der Waals surface area contributed by atoms with E-state index in [0.29, 0.717) is 6.42 Å². The Labute approximate surface area is 62.0 Å². The van der Waals surface area contributed by atoms with Gasteiger partial charge in [-0.2, -0.15) is 0 Å². The van der Waals surface area contributed by atoms with Crippen LogP contribution < -0.4 is 11.1 Å². The third-order valence-electron chi connectivity index (χ3n) is 1.29. The highest BCUT2D eigenvalue weighted by molar-refractivity contribution is 4.48. The molecule has 0 atom stereocenters. The predicted octanol–water partition coefficient (Wildman–Crippen LogP) is 0.675. The van der Waals surface area contributed by atoms with Crippen molar-refractivity contribution in [2.75, 3.05) is 26.3 Å². The van der Waals surface area contributed by atoms with Crippen LogP contribution in [0.5, 0.6) is 0 Å². The molecule has 0 saturated heterocycles. The summed E-state index contributed by atoms with van der Waals surface area (Å²) >= 11 is 0. The van der Waals surface area contributed by atoms with Crippen molar-refractivity contribution in [3.63, 3.8) is 0 Å². The second-order valence-electron chi connectivity index (χ2n) is 2.29. The molecule has 10 heavy (non-hydrogen) atoms. The van der Waals surface area contributed by atoms with Gasteiger partial charge in [0.25, 0.3) is 0 Å². The quantitative estimate of drug-likeness (QED) is 0.521. The molecule has 0 heterocycles. The molecule has 0 amide bonds. The molecule has 0 aliphatic carbocycles. The number of hydrogen-bond donors (Lipinski definition) is 2. The average Bonchev–Trinajstić information content (AvgIpc) is 1.97. The highest BCUT2D eigenvalue weighted by atomic mass is 19.1. The van der Waals surface area contributed by atoms with Crippen LogP contribution in [-0.2, 0) is 0 Å². The first-order valence-electron chi connectivity index (χ1n) is 3.88. The largest absolute Gasteiger partial charge is 0.330 e. The molecule has 62 valence electrons. The molecule has 0 fully saturated rings. The lowest BCUT2D eigenvalue weighted by Crippen LogP contribution is -2.17. The zero-order chi connectivity index (χ0) is 7.66. The van der Waals surface area contributed by atoms with Gasteiger partial charge < -0.3 is 11.1 Å². The van der Waals surface area contributed by atoms with E-state index in [0.717, 1.165) is 32.5 Å². The van der Waals surface area contributed by atoms with Gasteiger partial charge in [0.05, 0.1) is 6.67 Å². The highest BCUT2D eigenvalue weighted by Crippen LogP contribution is 1.83. The first-order chi connectivity index (χ1) is 4.91. The summed E-state index contributed by atoms with van der Waals surface area (Å²) in [4.78, 5) is 0. The molecule has 0 radical (unpaired) electrons. The van der Waals surface area contributed by atoms with Gasteiger partial charge in [-0.05, 0) is 38.9 Å². The third kappa shape index (κ3) is 7.85. The van der Waals surface area contributed by atoms with E-state index >= 15 is 0 Å². The summed E-state index contributed by atoms with van der Waals surface area (Å²) in [6.07, 6.45) is 2.79. The van der Waals surface area contributed by atoms with Crippen LogP contribution in [0.4, 0.5) is 4.39 Å². The van der Waals surface area contributed by atoms with E-state index in [1.54, 1.807) is 0 Å². The molecule has 0 saturated carbocycles. The first-order valence-corrected chi connectivity index (χ1v) is 3.88. The summed E-state index contributed by atoms with van der Waals surface area (Å²) in [6, 6.07) is 0. The molecule has 3 N–H and O–H groups in total. The Morgan fingerprint density at radius 2 is 1.80 bits per heavy atom. The zero-order valence-corrected chi connectivity index (χ0v) is 6.41. The number of hydrogen-bond acceptors (Lipinski definition) is 2. The predicted molar refractivity (Wildman–Crippen MR) is 41.8 cm³/mol. The minimum Gasteiger partial charge on any atom is -0.330 e. The number of unbranched alkanes of at least 4 members (excludes halogenated alkanes) is 1. The minimum atomic E-state index is -0.218. The SMILES string of the molecule is NCCCCNCCCF. The third-order valence-corrected chi connectivity index (χ3v) is 1.29. The van der Waals surface area contributed by atoms with E-state index in [1.807, 2.05) is 0 Å². The van der Waals surface area contributed by atoms with Gasteiger partial charge in [-0.1, -0.05) is 0 Å². The molecule has 2 nitrogen and oxygen atoms in total. The van der Waals surface area contributed by atoms with E-state index in [-0.39, 0.29) is 6.67 Å². The molecular weight excluding hydrogens is 131 g/mol. The van der Waals surface area contributed by atoms with Crippen LogP contribution in [0.1, 0.15) is 19.3 Å². The van der Waals surface area contributed by atoms with Crippen LogP contribution in [0.25, 0.3) is 0 Å². The number of nitrogens with one attached hydrogen (secondary N) is 1. The smallest absolute Gasteiger partial charge is 0.0906 e. The fourth-order valence-corrected chi connectivity index (χ4v) is 0.711. The fraction of sp³-hybridized carbons (Fsp3) is 1.00. The summed E-state index contributed by atoms with van der Waals surface area (Å²) in [7, 11) is 0. The van der Waals surface area contributed by atoms with Crippen molar-refractivity contribution in [2.24, 2.45) is 5.73 Å². The molecule has 0 rings (SSSR count). The summed E-state index contributed by atoms with van der Waals surface area (Å²) in [6.45, 7) is 2.30. The molecule has 0 aromatic carbocycles. The van der Waals surface area contributed by atoms with E-state index in [4.69, 9.17) is 5.73 Å². The topological polar surface area (TPSA) is 38.0 Å². The van der Waals surface area contributed by atoms with Crippen molar-refractivity contribution in [3.8, 4) is 0 Å². The Morgan fingerprint density at radius 3 is 2.40 bits per heavy atom. The summed E-state index contributed by atoms with van der Waals surface area (Å²) in [5.41, 5.74) is 5.28. The molecule has 0 aliphatic heterocycles. The van der Waals surface area contributed by atoms with E-state index < -0.39 is 0 Å². The normalized spacial score (nSPS) is 10.2. The van der Waals surface area contributed by atoms with Crippen molar-refractivity contribution >= 4 is 0 Å². The van der Waals surface area contributed by atoms with Crippen molar-refractivity contribution < 1.29 is 4.39 Å². The highest BCUT2D eigenvalue weighted by Gasteiger charge is 1.86. The maximum absolute atomic E-state index is 11.5. The zero-order valence-electron chi connectivity index (χ0n) is 6.41. The molecule has 0 aromatic heterocycles. The van der Waals surface area contributed by atoms with Gasteiger partial charge in [-0.15, -0.1) is 0 Å².